The van der Waals surface area contributed by atoms with Crippen LogP contribution < -0.4 is 5.73 Å². The molecule has 0 aliphatic carbocycles. The molecule has 0 spiro atoms. The van der Waals surface area contributed by atoms with Gasteiger partial charge in [-0.3, -0.25) is 4.90 Å². The standard InChI is InChI=1S/C13H29N3/c1-4-7-15-8-10-16(11-9-15)13(5-2,6-3)12-14/h4-12,14H2,1-3H3. The van der Waals surface area contributed by atoms with Crippen molar-refractivity contribution in [3.8, 4) is 0 Å². The summed E-state index contributed by atoms with van der Waals surface area (Å²) in [5, 5.41) is 0. The van der Waals surface area contributed by atoms with Crippen LogP contribution in [0, 0.1) is 0 Å². The molecule has 0 radical (unpaired) electrons. The maximum absolute atomic E-state index is 6.00. The Bertz CT molecular complexity index is 173. The predicted molar refractivity (Wildman–Crippen MR) is 70.7 cm³/mol. The molecule has 0 unspecified atom stereocenters. The molecule has 2 N–H and O–H groups in total. The molecule has 0 aromatic rings. The summed E-state index contributed by atoms with van der Waals surface area (Å²) < 4.78 is 0. The summed E-state index contributed by atoms with van der Waals surface area (Å²) in [5.41, 5.74) is 6.26. The lowest BCUT2D eigenvalue weighted by Crippen LogP contribution is -2.59. The Balaban J connectivity index is 2.50. The molecule has 1 rings (SSSR count). The van der Waals surface area contributed by atoms with E-state index in [9.17, 15) is 0 Å². The summed E-state index contributed by atoms with van der Waals surface area (Å²) in [6, 6.07) is 0. The third-order valence-electron chi connectivity index (χ3n) is 4.28. The molecule has 16 heavy (non-hydrogen) atoms. The van der Waals surface area contributed by atoms with Gasteiger partial charge in [0, 0.05) is 38.3 Å². The van der Waals surface area contributed by atoms with Crippen molar-refractivity contribution in [3.05, 3.63) is 0 Å². The van der Waals surface area contributed by atoms with Crippen LogP contribution in [0.5, 0.6) is 0 Å². The fraction of sp³-hybridized carbons (Fsp3) is 1.00. The molecule has 0 bridgehead atoms. The van der Waals surface area contributed by atoms with Gasteiger partial charge in [0.05, 0.1) is 0 Å². The fourth-order valence-corrected chi connectivity index (χ4v) is 2.88. The van der Waals surface area contributed by atoms with E-state index in [0.717, 1.165) is 6.54 Å². The predicted octanol–water partition coefficient (Wildman–Crippen LogP) is 1.53. The van der Waals surface area contributed by atoms with Gasteiger partial charge in [-0.1, -0.05) is 20.8 Å². The monoisotopic (exact) mass is 227 g/mol. The molecule has 1 aliphatic heterocycles. The lowest BCUT2D eigenvalue weighted by atomic mass is 9.90. The van der Waals surface area contributed by atoms with E-state index in [1.165, 1.54) is 52.0 Å². The van der Waals surface area contributed by atoms with Crippen molar-refractivity contribution in [2.24, 2.45) is 5.73 Å². The highest BCUT2D eigenvalue weighted by Crippen LogP contribution is 2.24. The van der Waals surface area contributed by atoms with Crippen molar-refractivity contribution >= 4 is 0 Å². The molecule has 0 saturated carbocycles. The second-order valence-electron chi connectivity index (χ2n) is 4.96. The molecular formula is C13H29N3. The van der Waals surface area contributed by atoms with Crippen LogP contribution in [0.4, 0.5) is 0 Å². The minimum Gasteiger partial charge on any atom is -0.329 e. The number of nitrogens with zero attached hydrogens (tertiary/aromatic N) is 2. The molecule has 1 fully saturated rings. The summed E-state index contributed by atoms with van der Waals surface area (Å²) >= 11 is 0. The topological polar surface area (TPSA) is 32.5 Å². The van der Waals surface area contributed by atoms with Crippen LogP contribution in [-0.2, 0) is 0 Å². The minimum atomic E-state index is 0.262. The van der Waals surface area contributed by atoms with E-state index in [1.807, 2.05) is 0 Å². The van der Waals surface area contributed by atoms with Crippen LogP contribution in [0.2, 0.25) is 0 Å². The first-order chi connectivity index (χ1) is 7.72. The van der Waals surface area contributed by atoms with Crippen molar-refractivity contribution in [2.75, 3.05) is 39.3 Å². The van der Waals surface area contributed by atoms with E-state index in [-0.39, 0.29) is 5.54 Å². The quantitative estimate of drug-likeness (QED) is 0.747. The zero-order valence-electron chi connectivity index (χ0n) is 11.3. The van der Waals surface area contributed by atoms with Crippen molar-refractivity contribution < 1.29 is 0 Å². The maximum atomic E-state index is 6.00. The van der Waals surface area contributed by atoms with Crippen LogP contribution in [0.25, 0.3) is 0 Å². The molecule has 96 valence electrons. The second kappa shape index (κ2) is 6.58. The Labute approximate surface area is 101 Å². The van der Waals surface area contributed by atoms with Gasteiger partial charge < -0.3 is 10.6 Å². The first-order valence-corrected chi connectivity index (χ1v) is 6.89. The Kier molecular flexibility index (Phi) is 5.73. The molecule has 1 aliphatic rings. The van der Waals surface area contributed by atoms with Crippen molar-refractivity contribution in [1.29, 1.82) is 0 Å². The van der Waals surface area contributed by atoms with Gasteiger partial charge in [0.25, 0.3) is 0 Å². The van der Waals surface area contributed by atoms with Crippen LogP contribution in [0.1, 0.15) is 40.0 Å². The Hall–Kier alpha value is -0.120. The Morgan fingerprint density at radius 3 is 1.94 bits per heavy atom. The molecule has 0 atom stereocenters. The number of nitrogens with two attached hydrogens (primary N) is 1. The van der Waals surface area contributed by atoms with E-state index in [1.54, 1.807) is 0 Å². The van der Waals surface area contributed by atoms with Gasteiger partial charge >= 0.3 is 0 Å². The van der Waals surface area contributed by atoms with Crippen molar-refractivity contribution in [3.63, 3.8) is 0 Å². The highest BCUT2D eigenvalue weighted by molar-refractivity contribution is 4.92. The van der Waals surface area contributed by atoms with Crippen LogP contribution >= 0.6 is 0 Å². The zero-order valence-corrected chi connectivity index (χ0v) is 11.3. The summed E-state index contributed by atoms with van der Waals surface area (Å²) in [6.45, 7) is 13.7. The van der Waals surface area contributed by atoms with Gasteiger partial charge in [-0.2, -0.15) is 0 Å². The number of piperazine rings is 1. The van der Waals surface area contributed by atoms with E-state index in [2.05, 4.69) is 30.6 Å². The lowest BCUT2D eigenvalue weighted by molar-refractivity contribution is 0.0308. The SMILES string of the molecule is CCCN1CCN(C(CC)(CC)CN)CC1. The van der Waals surface area contributed by atoms with Crippen molar-refractivity contribution in [2.45, 2.75) is 45.6 Å². The van der Waals surface area contributed by atoms with Gasteiger partial charge in [-0.25, -0.2) is 0 Å². The lowest BCUT2D eigenvalue weighted by Gasteiger charge is -2.47. The number of rotatable bonds is 6. The summed E-state index contributed by atoms with van der Waals surface area (Å²) in [7, 11) is 0. The van der Waals surface area contributed by atoms with E-state index < -0.39 is 0 Å². The highest BCUT2D eigenvalue weighted by atomic mass is 15.3. The molecular weight excluding hydrogens is 198 g/mol. The Morgan fingerprint density at radius 2 is 1.56 bits per heavy atom. The van der Waals surface area contributed by atoms with Gasteiger partial charge in [-0.15, -0.1) is 0 Å². The van der Waals surface area contributed by atoms with Gasteiger partial charge in [0.15, 0.2) is 0 Å². The van der Waals surface area contributed by atoms with E-state index in [0.29, 0.717) is 0 Å². The van der Waals surface area contributed by atoms with Crippen LogP contribution in [0.3, 0.4) is 0 Å². The molecule has 3 nitrogen and oxygen atoms in total. The van der Waals surface area contributed by atoms with Crippen LogP contribution in [-0.4, -0.2) is 54.6 Å². The third kappa shape index (κ3) is 2.96. The summed E-state index contributed by atoms with van der Waals surface area (Å²) in [4.78, 5) is 5.20. The Morgan fingerprint density at radius 1 is 1.00 bits per heavy atom. The molecule has 0 amide bonds. The van der Waals surface area contributed by atoms with Crippen LogP contribution in [0.15, 0.2) is 0 Å². The third-order valence-corrected chi connectivity index (χ3v) is 4.28. The summed E-state index contributed by atoms with van der Waals surface area (Å²) in [6.07, 6.45) is 3.62. The molecule has 1 saturated heterocycles. The largest absolute Gasteiger partial charge is 0.329 e. The fourth-order valence-electron chi connectivity index (χ4n) is 2.88. The number of hydrogen-bond donors (Lipinski definition) is 1. The summed E-state index contributed by atoms with van der Waals surface area (Å²) in [5.74, 6) is 0. The minimum absolute atomic E-state index is 0.262. The highest BCUT2D eigenvalue weighted by Gasteiger charge is 2.33. The zero-order chi connectivity index (χ0) is 12.0. The molecule has 0 aromatic carbocycles. The van der Waals surface area contributed by atoms with E-state index >= 15 is 0 Å². The van der Waals surface area contributed by atoms with Gasteiger partial charge in [0.1, 0.15) is 0 Å². The average molecular weight is 227 g/mol. The molecule has 0 aromatic heterocycles. The van der Waals surface area contributed by atoms with Gasteiger partial charge in [0.2, 0.25) is 0 Å². The first-order valence-electron chi connectivity index (χ1n) is 6.89. The van der Waals surface area contributed by atoms with Crippen molar-refractivity contribution in [1.82, 2.24) is 9.80 Å². The molecule has 3 heteroatoms. The molecule has 1 heterocycles. The van der Waals surface area contributed by atoms with Gasteiger partial charge in [-0.05, 0) is 25.8 Å². The van der Waals surface area contributed by atoms with E-state index in [4.69, 9.17) is 5.73 Å². The smallest absolute Gasteiger partial charge is 0.0327 e. The maximum Gasteiger partial charge on any atom is 0.0327 e. The second-order valence-corrected chi connectivity index (χ2v) is 4.96. The average Bonchev–Trinajstić information content (AvgIpc) is 2.34. The first kappa shape index (κ1) is 13.9. The number of hydrogen-bond acceptors (Lipinski definition) is 3. The normalized spacial score (nSPS) is 20.2.